The summed E-state index contributed by atoms with van der Waals surface area (Å²) in [7, 11) is 1.63. The van der Waals surface area contributed by atoms with Crippen LogP contribution in [0, 0.1) is 0 Å². The van der Waals surface area contributed by atoms with E-state index in [1.807, 2.05) is 17.5 Å². The topological polar surface area (TPSA) is 38.7 Å². The molecule has 0 fully saturated rings. The van der Waals surface area contributed by atoms with E-state index < -0.39 is 6.10 Å². The molecule has 3 nitrogen and oxygen atoms in total. The predicted octanol–water partition coefficient (Wildman–Crippen LogP) is 1.31. The number of rotatable bonds is 7. The molecule has 1 N–H and O–H groups in total. The Morgan fingerprint density at radius 1 is 1.50 bits per heavy atom. The number of ether oxygens (including phenoxy) is 2. The molecule has 0 spiro atoms. The van der Waals surface area contributed by atoms with Crippen molar-refractivity contribution in [3.63, 3.8) is 0 Å². The van der Waals surface area contributed by atoms with Gasteiger partial charge in [-0.3, -0.25) is 0 Å². The summed E-state index contributed by atoms with van der Waals surface area (Å²) in [5, 5.41) is 11.6. The van der Waals surface area contributed by atoms with E-state index in [1.54, 1.807) is 18.4 Å². The lowest BCUT2D eigenvalue weighted by Gasteiger charge is -2.09. The minimum atomic E-state index is -0.412. The van der Waals surface area contributed by atoms with Crippen LogP contribution in [0.3, 0.4) is 0 Å². The van der Waals surface area contributed by atoms with Gasteiger partial charge in [0.05, 0.1) is 25.9 Å². The molecule has 0 aliphatic rings. The molecule has 0 aromatic carbocycles. The highest BCUT2D eigenvalue weighted by molar-refractivity contribution is 7.09. The lowest BCUT2D eigenvalue weighted by Crippen LogP contribution is -2.19. The summed E-state index contributed by atoms with van der Waals surface area (Å²) < 4.78 is 10.0. The minimum Gasteiger partial charge on any atom is -0.390 e. The van der Waals surface area contributed by atoms with Crippen molar-refractivity contribution in [2.75, 3.05) is 26.9 Å². The van der Waals surface area contributed by atoms with Crippen LogP contribution in [0.4, 0.5) is 0 Å². The molecule has 0 saturated carbocycles. The van der Waals surface area contributed by atoms with Gasteiger partial charge in [-0.25, -0.2) is 0 Å². The minimum absolute atomic E-state index is 0.376. The summed E-state index contributed by atoms with van der Waals surface area (Å²) in [5.74, 6) is 0. The fourth-order valence-corrected chi connectivity index (χ4v) is 1.86. The smallest absolute Gasteiger partial charge is 0.0821 e. The Morgan fingerprint density at radius 3 is 3.00 bits per heavy atom. The van der Waals surface area contributed by atoms with Gasteiger partial charge in [0.1, 0.15) is 0 Å². The van der Waals surface area contributed by atoms with E-state index in [1.165, 1.54) is 4.88 Å². The fraction of sp³-hybridized carbons (Fsp3) is 0.600. The third-order valence-corrected chi connectivity index (χ3v) is 2.66. The summed E-state index contributed by atoms with van der Waals surface area (Å²) >= 11 is 1.65. The van der Waals surface area contributed by atoms with Gasteiger partial charge in [0.2, 0.25) is 0 Å². The lowest BCUT2D eigenvalue weighted by molar-refractivity contribution is 0.0140. The molecule has 1 heterocycles. The average Bonchev–Trinajstić information content (AvgIpc) is 2.65. The van der Waals surface area contributed by atoms with Crippen LogP contribution in [0.15, 0.2) is 17.5 Å². The molecule has 1 atom stereocenters. The van der Waals surface area contributed by atoms with Gasteiger partial charge < -0.3 is 14.6 Å². The summed E-state index contributed by atoms with van der Waals surface area (Å²) in [6.45, 7) is 1.49. The number of hydrogen-bond acceptors (Lipinski definition) is 4. The summed E-state index contributed by atoms with van der Waals surface area (Å²) in [6, 6.07) is 4.00. The van der Waals surface area contributed by atoms with Crippen LogP contribution in [0.25, 0.3) is 0 Å². The lowest BCUT2D eigenvalue weighted by atomic mass is 10.2. The second-order valence-corrected chi connectivity index (χ2v) is 4.04. The van der Waals surface area contributed by atoms with Crippen molar-refractivity contribution < 1.29 is 14.6 Å². The van der Waals surface area contributed by atoms with E-state index in [4.69, 9.17) is 9.47 Å². The Morgan fingerprint density at radius 2 is 2.36 bits per heavy atom. The molecule has 0 saturated heterocycles. The van der Waals surface area contributed by atoms with Crippen molar-refractivity contribution in [2.45, 2.75) is 12.5 Å². The van der Waals surface area contributed by atoms with Gasteiger partial charge >= 0.3 is 0 Å². The number of methoxy groups -OCH3 is 1. The van der Waals surface area contributed by atoms with Crippen molar-refractivity contribution >= 4 is 11.3 Å². The molecule has 80 valence electrons. The Kier molecular flexibility index (Phi) is 5.78. The maximum absolute atomic E-state index is 9.56. The van der Waals surface area contributed by atoms with Crippen LogP contribution in [0.5, 0.6) is 0 Å². The Balaban J connectivity index is 2.07. The zero-order valence-corrected chi connectivity index (χ0v) is 9.13. The van der Waals surface area contributed by atoms with Crippen LogP contribution >= 0.6 is 11.3 Å². The Labute approximate surface area is 88.3 Å². The third kappa shape index (κ3) is 4.72. The van der Waals surface area contributed by atoms with E-state index in [0.29, 0.717) is 26.2 Å². The van der Waals surface area contributed by atoms with Gasteiger partial charge in [-0.1, -0.05) is 6.07 Å². The maximum atomic E-state index is 9.56. The van der Waals surface area contributed by atoms with Crippen LogP contribution in [0.2, 0.25) is 0 Å². The number of thiophene rings is 1. The van der Waals surface area contributed by atoms with E-state index in [-0.39, 0.29) is 0 Å². The summed E-state index contributed by atoms with van der Waals surface area (Å²) in [6.07, 6.45) is 0.260. The van der Waals surface area contributed by atoms with Gasteiger partial charge in [-0.05, 0) is 11.4 Å². The molecule has 0 aliphatic carbocycles. The Hall–Kier alpha value is -0.420. The van der Waals surface area contributed by atoms with Crippen molar-refractivity contribution in [3.05, 3.63) is 22.4 Å². The standard InChI is InChI=1S/C10H16O3S/c1-12-4-5-13-8-9(11)7-10-3-2-6-14-10/h2-3,6,9,11H,4-5,7-8H2,1H3. The molecule has 1 rings (SSSR count). The van der Waals surface area contributed by atoms with Crippen molar-refractivity contribution in [2.24, 2.45) is 0 Å². The van der Waals surface area contributed by atoms with Crippen molar-refractivity contribution in [3.8, 4) is 0 Å². The van der Waals surface area contributed by atoms with Crippen LogP contribution in [0.1, 0.15) is 4.88 Å². The average molecular weight is 216 g/mol. The van der Waals surface area contributed by atoms with Crippen LogP contribution < -0.4 is 0 Å². The van der Waals surface area contributed by atoms with Gasteiger partial charge in [-0.15, -0.1) is 11.3 Å². The van der Waals surface area contributed by atoms with Gasteiger partial charge in [-0.2, -0.15) is 0 Å². The first-order valence-electron chi connectivity index (χ1n) is 4.60. The molecule has 4 heteroatoms. The first-order chi connectivity index (χ1) is 6.83. The quantitative estimate of drug-likeness (QED) is 0.699. The monoisotopic (exact) mass is 216 g/mol. The zero-order chi connectivity index (χ0) is 10.2. The molecule has 0 radical (unpaired) electrons. The summed E-state index contributed by atoms with van der Waals surface area (Å²) in [5.41, 5.74) is 0. The van der Waals surface area contributed by atoms with Crippen molar-refractivity contribution in [1.29, 1.82) is 0 Å². The van der Waals surface area contributed by atoms with Gasteiger partial charge in [0, 0.05) is 18.4 Å². The predicted molar refractivity (Wildman–Crippen MR) is 56.7 cm³/mol. The molecule has 1 unspecified atom stereocenters. The highest BCUT2D eigenvalue weighted by atomic mass is 32.1. The first kappa shape index (κ1) is 11.7. The number of hydrogen-bond donors (Lipinski definition) is 1. The summed E-state index contributed by atoms with van der Waals surface area (Å²) in [4.78, 5) is 1.19. The van der Waals surface area contributed by atoms with Gasteiger partial charge in [0.25, 0.3) is 0 Å². The van der Waals surface area contributed by atoms with Crippen molar-refractivity contribution in [1.82, 2.24) is 0 Å². The highest BCUT2D eigenvalue weighted by Crippen LogP contribution is 2.11. The Bertz CT molecular complexity index is 223. The molecule has 1 aromatic heterocycles. The SMILES string of the molecule is COCCOCC(O)Cc1cccs1. The molecule has 14 heavy (non-hydrogen) atoms. The number of aliphatic hydroxyl groups is 1. The number of aliphatic hydroxyl groups excluding tert-OH is 1. The molecule has 1 aromatic rings. The molecule has 0 amide bonds. The van der Waals surface area contributed by atoms with E-state index in [2.05, 4.69) is 0 Å². The van der Waals surface area contributed by atoms with Gasteiger partial charge in [0.15, 0.2) is 0 Å². The molecular weight excluding hydrogens is 200 g/mol. The highest BCUT2D eigenvalue weighted by Gasteiger charge is 2.05. The largest absolute Gasteiger partial charge is 0.390 e. The van der Waals surface area contributed by atoms with E-state index in [9.17, 15) is 5.11 Å². The second-order valence-electron chi connectivity index (χ2n) is 3.01. The van der Waals surface area contributed by atoms with Crippen LogP contribution in [-0.2, 0) is 15.9 Å². The molecule has 0 aliphatic heterocycles. The zero-order valence-electron chi connectivity index (χ0n) is 8.31. The van der Waals surface area contributed by atoms with Crippen LogP contribution in [-0.4, -0.2) is 38.1 Å². The van der Waals surface area contributed by atoms with E-state index in [0.717, 1.165) is 0 Å². The molecular formula is C10H16O3S. The normalized spacial score (nSPS) is 13.0. The fourth-order valence-electron chi connectivity index (χ4n) is 1.08. The van der Waals surface area contributed by atoms with E-state index >= 15 is 0 Å². The maximum Gasteiger partial charge on any atom is 0.0821 e. The first-order valence-corrected chi connectivity index (χ1v) is 5.48. The molecule has 0 bridgehead atoms. The third-order valence-electron chi connectivity index (χ3n) is 1.76. The second kappa shape index (κ2) is 6.95.